The Kier molecular flexibility index (Phi) is 6.31. The molecule has 0 aromatic heterocycles. The third-order valence-corrected chi connectivity index (χ3v) is 6.27. The molecule has 2 aromatic rings. The number of hydrogen-bond acceptors (Lipinski definition) is 4. The lowest BCUT2D eigenvalue weighted by Gasteiger charge is -2.32. The van der Waals surface area contributed by atoms with E-state index in [1.165, 1.54) is 11.0 Å². The summed E-state index contributed by atoms with van der Waals surface area (Å²) in [4.78, 5) is 53.9. The van der Waals surface area contributed by atoms with E-state index < -0.39 is 0 Å². The van der Waals surface area contributed by atoms with Gasteiger partial charge in [-0.1, -0.05) is 32.0 Å². The van der Waals surface area contributed by atoms with Crippen LogP contribution in [0.2, 0.25) is 0 Å². The van der Waals surface area contributed by atoms with Gasteiger partial charge in [0.05, 0.1) is 11.1 Å². The number of nitrogens with one attached hydrogen (secondary N) is 1. The molecule has 0 atom stereocenters. The number of nitrogens with zero attached hydrogens (tertiary/aromatic N) is 2. The number of amides is 4. The van der Waals surface area contributed by atoms with Gasteiger partial charge in [-0.05, 0) is 55.5 Å². The van der Waals surface area contributed by atoms with E-state index in [2.05, 4.69) is 5.32 Å². The molecule has 2 aromatic carbocycles. The van der Waals surface area contributed by atoms with E-state index in [-0.39, 0.29) is 41.2 Å². The summed E-state index contributed by atoms with van der Waals surface area (Å²) in [5.74, 6) is -0.740. The normalized spacial score (nSPS) is 16.4. The summed E-state index contributed by atoms with van der Waals surface area (Å²) in [5, 5.41) is 3.02. The van der Waals surface area contributed by atoms with Crippen LogP contribution in [-0.4, -0.2) is 59.1 Å². The minimum absolute atomic E-state index is 0.0191. The lowest BCUT2D eigenvalue weighted by atomic mass is 10.0. The van der Waals surface area contributed by atoms with Crippen LogP contribution in [0, 0.1) is 12.8 Å². The van der Waals surface area contributed by atoms with E-state index >= 15 is 0 Å². The molecule has 4 rings (SSSR count). The van der Waals surface area contributed by atoms with Crippen molar-refractivity contribution in [3.8, 4) is 0 Å². The van der Waals surface area contributed by atoms with Crippen molar-refractivity contribution in [1.82, 2.24) is 15.1 Å². The van der Waals surface area contributed by atoms with Gasteiger partial charge in [-0.2, -0.15) is 0 Å². The van der Waals surface area contributed by atoms with Crippen molar-refractivity contribution in [3.05, 3.63) is 70.3 Å². The van der Waals surface area contributed by atoms with Gasteiger partial charge in [-0.15, -0.1) is 0 Å². The Morgan fingerprint density at radius 3 is 2.33 bits per heavy atom. The van der Waals surface area contributed by atoms with Crippen molar-refractivity contribution in [1.29, 1.82) is 0 Å². The van der Waals surface area contributed by atoms with Crippen LogP contribution in [0.1, 0.15) is 73.7 Å². The van der Waals surface area contributed by atoms with Gasteiger partial charge >= 0.3 is 0 Å². The average molecular weight is 448 g/mol. The number of piperidine rings is 1. The molecule has 0 saturated carbocycles. The maximum Gasteiger partial charge on any atom is 0.261 e. The van der Waals surface area contributed by atoms with Crippen LogP contribution in [0.15, 0.2) is 42.5 Å². The summed E-state index contributed by atoms with van der Waals surface area (Å²) in [5.41, 5.74) is 2.66. The molecule has 2 aliphatic rings. The third-order valence-electron chi connectivity index (χ3n) is 6.27. The van der Waals surface area contributed by atoms with Crippen LogP contribution in [0.4, 0.5) is 0 Å². The van der Waals surface area contributed by atoms with Crippen LogP contribution in [0.25, 0.3) is 0 Å². The van der Waals surface area contributed by atoms with Crippen LogP contribution >= 0.6 is 0 Å². The molecular formula is C26H29N3O4. The number of imide groups is 1. The molecule has 0 spiro atoms. The molecule has 4 amide bonds. The standard InChI is InChI=1S/C26H29N3O4/c1-16(2)15-29-25(32)21-9-8-18(14-22(21)26(29)33)23(30)27-19-10-12-28(13-11-19)24(31)20-7-5-4-6-17(20)3/h4-9,14,16,19H,10-13,15H2,1-3H3,(H,27,30). The third kappa shape index (κ3) is 4.53. The minimum Gasteiger partial charge on any atom is -0.349 e. The smallest absolute Gasteiger partial charge is 0.261 e. The van der Waals surface area contributed by atoms with Crippen LogP contribution in [0.3, 0.4) is 0 Å². The molecule has 0 bridgehead atoms. The number of likely N-dealkylation sites (tertiary alicyclic amines) is 1. The molecule has 7 heteroatoms. The number of benzene rings is 2. The predicted octanol–water partition coefficient (Wildman–Crippen LogP) is 3.28. The van der Waals surface area contributed by atoms with E-state index in [1.54, 1.807) is 12.1 Å². The Bertz CT molecular complexity index is 1120. The summed E-state index contributed by atoms with van der Waals surface area (Å²) >= 11 is 0. The summed E-state index contributed by atoms with van der Waals surface area (Å²) in [6.07, 6.45) is 1.32. The zero-order valence-corrected chi connectivity index (χ0v) is 19.3. The van der Waals surface area contributed by atoms with E-state index in [1.807, 2.05) is 49.9 Å². The lowest BCUT2D eigenvalue weighted by molar-refractivity contribution is 0.0634. The number of fused-ring (bicyclic) bond motifs is 1. The number of hydrogen-bond donors (Lipinski definition) is 1. The first-order valence-corrected chi connectivity index (χ1v) is 11.4. The van der Waals surface area contributed by atoms with E-state index in [9.17, 15) is 19.2 Å². The van der Waals surface area contributed by atoms with Crippen LogP contribution in [0.5, 0.6) is 0 Å². The van der Waals surface area contributed by atoms with E-state index in [0.717, 1.165) is 5.56 Å². The second-order valence-electron chi connectivity index (χ2n) is 9.23. The molecular weight excluding hydrogens is 418 g/mol. The summed E-state index contributed by atoms with van der Waals surface area (Å²) in [6, 6.07) is 12.2. The first kappa shape index (κ1) is 22.7. The van der Waals surface area contributed by atoms with Crippen LogP contribution < -0.4 is 5.32 Å². The first-order chi connectivity index (χ1) is 15.8. The van der Waals surface area contributed by atoms with Gasteiger partial charge in [-0.25, -0.2) is 0 Å². The number of carbonyl (C=O) groups excluding carboxylic acids is 4. The summed E-state index contributed by atoms with van der Waals surface area (Å²) in [7, 11) is 0. The number of aryl methyl sites for hydroxylation is 1. The molecule has 1 saturated heterocycles. The van der Waals surface area contributed by atoms with Gasteiger partial charge in [0, 0.05) is 36.8 Å². The summed E-state index contributed by atoms with van der Waals surface area (Å²) in [6.45, 7) is 7.31. The number of rotatable bonds is 5. The second-order valence-corrected chi connectivity index (χ2v) is 9.23. The Balaban J connectivity index is 1.37. The van der Waals surface area contributed by atoms with Crippen molar-refractivity contribution >= 4 is 23.6 Å². The highest BCUT2D eigenvalue weighted by Crippen LogP contribution is 2.25. The van der Waals surface area contributed by atoms with Gasteiger partial charge in [0.15, 0.2) is 0 Å². The fourth-order valence-electron chi connectivity index (χ4n) is 4.44. The Labute approximate surface area is 193 Å². The topological polar surface area (TPSA) is 86.8 Å². The Morgan fingerprint density at radius 2 is 1.67 bits per heavy atom. The Morgan fingerprint density at radius 1 is 1.00 bits per heavy atom. The van der Waals surface area contributed by atoms with Crippen molar-refractivity contribution in [2.75, 3.05) is 19.6 Å². The monoisotopic (exact) mass is 447 g/mol. The zero-order valence-electron chi connectivity index (χ0n) is 19.3. The van der Waals surface area contributed by atoms with E-state index in [0.29, 0.717) is 49.2 Å². The van der Waals surface area contributed by atoms with Gasteiger partial charge in [0.1, 0.15) is 0 Å². The molecule has 172 valence electrons. The van der Waals surface area contributed by atoms with Crippen molar-refractivity contribution in [2.24, 2.45) is 5.92 Å². The van der Waals surface area contributed by atoms with Gasteiger partial charge in [0.2, 0.25) is 0 Å². The fourth-order valence-corrected chi connectivity index (χ4v) is 4.44. The van der Waals surface area contributed by atoms with Crippen molar-refractivity contribution in [2.45, 2.75) is 39.7 Å². The summed E-state index contributed by atoms with van der Waals surface area (Å²) < 4.78 is 0. The predicted molar refractivity (Wildman–Crippen MR) is 124 cm³/mol. The van der Waals surface area contributed by atoms with Crippen LogP contribution in [-0.2, 0) is 0 Å². The molecule has 1 N–H and O–H groups in total. The zero-order chi connectivity index (χ0) is 23.7. The lowest BCUT2D eigenvalue weighted by Crippen LogP contribution is -2.46. The second kappa shape index (κ2) is 9.17. The molecule has 0 radical (unpaired) electrons. The highest BCUT2D eigenvalue weighted by atomic mass is 16.2. The molecule has 33 heavy (non-hydrogen) atoms. The highest BCUT2D eigenvalue weighted by Gasteiger charge is 2.36. The molecule has 0 aliphatic carbocycles. The van der Waals surface area contributed by atoms with Crippen molar-refractivity contribution in [3.63, 3.8) is 0 Å². The minimum atomic E-state index is -0.346. The van der Waals surface area contributed by atoms with Gasteiger partial charge in [-0.3, -0.25) is 24.1 Å². The van der Waals surface area contributed by atoms with Gasteiger partial charge < -0.3 is 10.2 Å². The Hall–Kier alpha value is -3.48. The highest BCUT2D eigenvalue weighted by molar-refractivity contribution is 6.22. The molecule has 7 nitrogen and oxygen atoms in total. The average Bonchev–Trinajstić information content (AvgIpc) is 3.03. The number of carbonyl (C=O) groups is 4. The molecule has 0 unspecified atom stereocenters. The molecule has 2 aliphatic heterocycles. The van der Waals surface area contributed by atoms with Gasteiger partial charge in [0.25, 0.3) is 23.6 Å². The first-order valence-electron chi connectivity index (χ1n) is 11.4. The SMILES string of the molecule is Cc1ccccc1C(=O)N1CCC(NC(=O)c2ccc3c(c2)C(=O)N(CC(C)C)C3=O)CC1. The molecule has 1 fully saturated rings. The molecule has 2 heterocycles. The maximum absolute atomic E-state index is 12.8. The largest absolute Gasteiger partial charge is 0.349 e. The van der Waals surface area contributed by atoms with E-state index in [4.69, 9.17) is 0 Å². The maximum atomic E-state index is 12.8. The van der Waals surface area contributed by atoms with Crippen molar-refractivity contribution < 1.29 is 19.2 Å². The fraction of sp³-hybridized carbons (Fsp3) is 0.385. The quantitative estimate of drug-likeness (QED) is 0.713.